The minimum Gasteiger partial charge on any atom is -0.302 e. The van der Waals surface area contributed by atoms with Crippen LogP contribution in [0.15, 0.2) is 24.3 Å². The van der Waals surface area contributed by atoms with E-state index in [0.717, 1.165) is 38.0 Å². The zero-order chi connectivity index (χ0) is 14.4. The second kappa shape index (κ2) is 4.92. The summed E-state index contributed by atoms with van der Waals surface area (Å²) in [6.45, 7) is 3.00. The summed E-state index contributed by atoms with van der Waals surface area (Å²) in [5.41, 5.74) is 0.604. The lowest BCUT2D eigenvalue weighted by atomic mass is 9.94. The molecule has 0 aromatic heterocycles. The summed E-state index contributed by atoms with van der Waals surface area (Å²) in [4.78, 5) is 2.38. The summed E-state index contributed by atoms with van der Waals surface area (Å²) in [5.74, 6) is 1.27. The fraction of sp³-hybridized carbons (Fsp3) is 0.600. The quantitative estimate of drug-likeness (QED) is 0.762. The molecule has 2 aliphatic rings. The molecule has 1 saturated carbocycles. The highest BCUT2D eigenvalue weighted by molar-refractivity contribution is 6.17. The standard InChI is InChI=1S/C15H17ClF3N/c16-6-1-7-20-9-13-8-14(13,10-20)11-2-4-12(5-3-11)15(17,18)19/h2-5,13H,1,6-10H2/t13?,14-/m1/s1. The second-order valence-electron chi connectivity index (χ2n) is 5.91. The highest BCUT2D eigenvalue weighted by Gasteiger charge is 2.60. The minimum absolute atomic E-state index is 0.108. The van der Waals surface area contributed by atoms with E-state index in [1.54, 1.807) is 12.1 Å². The van der Waals surface area contributed by atoms with Crippen LogP contribution >= 0.6 is 11.6 Å². The van der Waals surface area contributed by atoms with Gasteiger partial charge in [-0.1, -0.05) is 12.1 Å². The molecule has 0 N–H and O–H groups in total. The Morgan fingerprint density at radius 2 is 1.95 bits per heavy atom. The van der Waals surface area contributed by atoms with E-state index in [9.17, 15) is 13.2 Å². The van der Waals surface area contributed by atoms with E-state index in [0.29, 0.717) is 11.8 Å². The second-order valence-corrected chi connectivity index (χ2v) is 6.29. The van der Waals surface area contributed by atoms with Crippen molar-refractivity contribution in [1.82, 2.24) is 4.90 Å². The van der Waals surface area contributed by atoms with Crippen LogP contribution in [0.3, 0.4) is 0 Å². The minimum atomic E-state index is -4.25. The lowest BCUT2D eigenvalue weighted by molar-refractivity contribution is -0.137. The molecule has 0 spiro atoms. The van der Waals surface area contributed by atoms with Crippen molar-refractivity contribution in [3.05, 3.63) is 35.4 Å². The number of rotatable bonds is 4. The number of halogens is 4. The third-order valence-electron chi connectivity index (χ3n) is 4.61. The van der Waals surface area contributed by atoms with Gasteiger partial charge in [0.25, 0.3) is 0 Å². The number of alkyl halides is 4. The van der Waals surface area contributed by atoms with Gasteiger partial charge in [0.2, 0.25) is 0 Å². The third kappa shape index (κ3) is 2.44. The van der Waals surface area contributed by atoms with Crippen molar-refractivity contribution in [1.29, 1.82) is 0 Å². The van der Waals surface area contributed by atoms with E-state index >= 15 is 0 Å². The Morgan fingerprint density at radius 3 is 2.55 bits per heavy atom. The van der Waals surface area contributed by atoms with Crippen molar-refractivity contribution in [3.63, 3.8) is 0 Å². The molecular formula is C15H17ClF3N. The van der Waals surface area contributed by atoms with Gasteiger partial charge < -0.3 is 4.90 Å². The first kappa shape index (κ1) is 14.2. The topological polar surface area (TPSA) is 3.24 Å². The highest BCUT2D eigenvalue weighted by Crippen LogP contribution is 2.59. The number of likely N-dealkylation sites (tertiary alicyclic amines) is 1. The van der Waals surface area contributed by atoms with Gasteiger partial charge >= 0.3 is 6.18 Å². The summed E-state index contributed by atoms with van der Waals surface area (Å²) >= 11 is 5.71. The molecule has 5 heteroatoms. The average Bonchev–Trinajstić information content (AvgIpc) is 2.99. The van der Waals surface area contributed by atoms with Crippen molar-refractivity contribution in [2.45, 2.75) is 24.4 Å². The lowest BCUT2D eigenvalue weighted by Crippen LogP contribution is -2.27. The van der Waals surface area contributed by atoms with Gasteiger partial charge in [-0.2, -0.15) is 13.2 Å². The van der Waals surface area contributed by atoms with Gasteiger partial charge in [0.05, 0.1) is 5.56 Å². The van der Waals surface area contributed by atoms with E-state index in [-0.39, 0.29) is 5.41 Å². The van der Waals surface area contributed by atoms with E-state index in [2.05, 4.69) is 4.90 Å². The molecule has 2 atom stereocenters. The average molecular weight is 304 g/mol. The molecule has 3 rings (SSSR count). The molecule has 1 nitrogen and oxygen atoms in total. The first-order valence-electron chi connectivity index (χ1n) is 6.92. The van der Waals surface area contributed by atoms with Crippen LogP contribution in [0.4, 0.5) is 13.2 Å². The smallest absolute Gasteiger partial charge is 0.302 e. The molecule has 110 valence electrons. The van der Waals surface area contributed by atoms with E-state index in [1.165, 1.54) is 12.1 Å². The van der Waals surface area contributed by atoms with Gasteiger partial charge in [-0.25, -0.2) is 0 Å². The molecule has 1 aliphatic carbocycles. The SMILES string of the molecule is FC(F)(F)c1ccc([C@]23CC2CN(CCCCl)C3)cc1. The van der Waals surface area contributed by atoms with Gasteiger partial charge in [0.15, 0.2) is 0 Å². The van der Waals surface area contributed by atoms with Crippen LogP contribution in [0.5, 0.6) is 0 Å². The fourth-order valence-corrected chi connectivity index (χ4v) is 3.60. The van der Waals surface area contributed by atoms with Crippen LogP contribution in [0, 0.1) is 5.92 Å². The Hall–Kier alpha value is -0.740. The molecule has 0 bridgehead atoms. The fourth-order valence-electron chi connectivity index (χ4n) is 3.48. The van der Waals surface area contributed by atoms with E-state index in [4.69, 9.17) is 11.6 Å². The Kier molecular flexibility index (Phi) is 3.49. The molecule has 1 saturated heterocycles. The zero-order valence-corrected chi connectivity index (χ0v) is 11.8. The zero-order valence-electron chi connectivity index (χ0n) is 11.1. The molecule has 1 aromatic rings. The van der Waals surface area contributed by atoms with Crippen LogP contribution in [0.25, 0.3) is 0 Å². The van der Waals surface area contributed by atoms with Gasteiger partial charge in [0.1, 0.15) is 0 Å². The largest absolute Gasteiger partial charge is 0.416 e. The Labute approximate surface area is 121 Å². The number of fused-ring (bicyclic) bond motifs is 1. The molecule has 20 heavy (non-hydrogen) atoms. The number of hydrogen-bond acceptors (Lipinski definition) is 1. The summed E-state index contributed by atoms with van der Waals surface area (Å²) in [7, 11) is 0. The maximum atomic E-state index is 12.6. The summed E-state index contributed by atoms with van der Waals surface area (Å²) in [6, 6.07) is 5.74. The third-order valence-corrected chi connectivity index (χ3v) is 4.88. The van der Waals surface area contributed by atoms with Crippen LogP contribution < -0.4 is 0 Å². The van der Waals surface area contributed by atoms with Gasteiger partial charge in [-0.05, 0) is 43.0 Å². The van der Waals surface area contributed by atoms with Crippen molar-refractivity contribution in [2.75, 3.05) is 25.5 Å². The maximum absolute atomic E-state index is 12.6. The van der Waals surface area contributed by atoms with Gasteiger partial charge in [-0.3, -0.25) is 0 Å². The monoisotopic (exact) mass is 303 g/mol. The first-order chi connectivity index (χ1) is 9.45. The molecule has 1 aromatic carbocycles. The number of hydrogen-bond donors (Lipinski definition) is 0. The van der Waals surface area contributed by atoms with Crippen molar-refractivity contribution < 1.29 is 13.2 Å². The molecule has 1 aliphatic heterocycles. The molecule has 0 amide bonds. The Bertz CT molecular complexity index is 485. The number of piperidine rings is 1. The molecule has 2 fully saturated rings. The van der Waals surface area contributed by atoms with Gasteiger partial charge in [0, 0.05) is 24.4 Å². The normalized spacial score (nSPS) is 29.5. The predicted molar refractivity (Wildman–Crippen MR) is 73.0 cm³/mol. The van der Waals surface area contributed by atoms with Crippen molar-refractivity contribution >= 4 is 11.6 Å². The van der Waals surface area contributed by atoms with Crippen LogP contribution in [0.2, 0.25) is 0 Å². The Balaban J connectivity index is 1.71. The van der Waals surface area contributed by atoms with Crippen molar-refractivity contribution in [3.8, 4) is 0 Å². The maximum Gasteiger partial charge on any atom is 0.416 e. The van der Waals surface area contributed by atoms with Crippen molar-refractivity contribution in [2.24, 2.45) is 5.92 Å². The molecule has 1 unspecified atom stereocenters. The lowest BCUT2D eigenvalue weighted by Gasteiger charge is -2.21. The van der Waals surface area contributed by atoms with E-state index in [1.807, 2.05) is 0 Å². The first-order valence-corrected chi connectivity index (χ1v) is 7.45. The summed E-state index contributed by atoms with van der Waals surface area (Å²) < 4.78 is 37.8. The van der Waals surface area contributed by atoms with E-state index < -0.39 is 11.7 Å². The van der Waals surface area contributed by atoms with Gasteiger partial charge in [-0.15, -0.1) is 11.6 Å². The summed E-state index contributed by atoms with van der Waals surface area (Å²) in [6.07, 6.45) is -2.17. The van der Waals surface area contributed by atoms with Crippen LogP contribution in [-0.2, 0) is 11.6 Å². The predicted octanol–water partition coefficient (Wildman–Crippen LogP) is 3.91. The van der Waals surface area contributed by atoms with Crippen LogP contribution in [0.1, 0.15) is 24.0 Å². The number of nitrogens with zero attached hydrogens (tertiary/aromatic N) is 1. The summed E-state index contributed by atoms with van der Waals surface area (Å²) in [5, 5.41) is 0. The molecule has 0 radical (unpaired) electrons. The molecule has 1 heterocycles. The highest BCUT2D eigenvalue weighted by atomic mass is 35.5. The van der Waals surface area contributed by atoms with Crippen LogP contribution in [-0.4, -0.2) is 30.4 Å². The Morgan fingerprint density at radius 1 is 1.25 bits per heavy atom. The number of benzene rings is 1. The molecular weight excluding hydrogens is 287 g/mol.